The van der Waals surface area contributed by atoms with E-state index in [4.69, 9.17) is 0 Å². The van der Waals surface area contributed by atoms with Gasteiger partial charge >= 0.3 is 6.03 Å². The standard InChI is InChI=1S/C12H21N2O/c15-12-13-8-10-14(12)9-7-11-5-3-1-2-4-6-11/h11H,1-10H2. The second-order valence-electron chi connectivity index (χ2n) is 4.80. The van der Waals surface area contributed by atoms with Crippen LogP contribution in [0.3, 0.4) is 0 Å². The van der Waals surface area contributed by atoms with E-state index < -0.39 is 0 Å². The van der Waals surface area contributed by atoms with Crippen molar-refractivity contribution in [2.45, 2.75) is 44.9 Å². The number of carbonyl (C=O) groups is 1. The molecule has 0 spiro atoms. The molecule has 2 amide bonds. The van der Waals surface area contributed by atoms with E-state index in [0.29, 0.717) is 6.54 Å². The molecule has 0 atom stereocenters. The fraction of sp³-hybridized carbons (Fsp3) is 0.917. The second kappa shape index (κ2) is 5.38. The summed E-state index contributed by atoms with van der Waals surface area (Å²) < 4.78 is 0. The van der Waals surface area contributed by atoms with Crippen molar-refractivity contribution < 1.29 is 4.79 Å². The van der Waals surface area contributed by atoms with Crippen LogP contribution in [0.25, 0.3) is 0 Å². The first kappa shape index (κ1) is 10.8. The molecule has 1 saturated heterocycles. The lowest BCUT2D eigenvalue weighted by molar-refractivity contribution is 0.212. The third kappa shape index (κ3) is 3.11. The van der Waals surface area contributed by atoms with Gasteiger partial charge in [0.05, 0.1) is 6.54 Å². The van der Waals surface area contributed by atoms with Crippen LogP contribution >= 0.6 is 0 Å². The Kier molecular flexibility index (Phi) is 3.87. The first-order valence-electron chi connectivity index (χ1n) is 6.32. The lowest BCUT2D eigenvalue weighted by atomic mass is 9.96. The molecule has 0 N–H and O–H groups in total. The molecule has 0 bridgehead atoms. The number of rotatable bonds is 3. The summed E-state index contributed by atoms with van der Waals surface area (Å²) in [6.45, 7) is 2.50. The number of amides is 2. The predicted molar refractivity (Wildman–Crippen MR) is 59.8 cm³/mol. The Bertz CT molecular complexity index is 210. The minimum absolute atomic E-state index is 0.0172. The first-order valence-corrected chi connectivity index (χ1v) is 6.32. The van der Waals surface area contributed by atoms with Crippen molar-refractivity contribution in [3.05, 3.63) is 0 Å². The van der Waals surface area contributed by atoms with Crippen molar-refractivity contribution in [3.63, 3.8) is 0 Å². The minimum atomic E-state index is 0.0172. The maximum Gasteiger partial charge on any atom is 0.339 e. The summed E-state index contributed by atoms with van der Waals surface area (Å²) in [7, 11) is 0. The zero-order chi connectivity index (χ0) is 10.5. The highest BCUT2D eigenvalue weighted by Gasteiger charge is 2.22. The quantitative estimate of drug-likeness (QED) is 0.657. The van der Waals surface area contributed by atoms with Crippen LogP contribution in [0.1, 0.15) is 44.9 Å². The van der Waals surface area contributed by atoms with Gasteiger partial charge in [0.25, 0.3) is 0 Å². The molecule has 1 aliphatic carbocycles. The topological polar surface area (TPSA) is 34.4 Å². The monoisotopic (exact) mass is 209 g/mol. The first-order chi connectivity index (χ1) is 7.36. The van der Waals surface area contributed by atoms with Crippen molar-refractivity contribution >= 4 is 6.03 Å². The Labute approximate surface area is 92.2 Å². The average Bonchev–Trinajstić information content (AvgIpc) is 2.53. The van der Waals surface area contributed by atoms with Crippen LogP contribution in [0.2, 0.25) is 0 Å². The summed E-state index contributed by atoms with van der Waals surface area (Å²) in [6, 6.07) is 0.0172. The van der Waals surface area contributed by atoms with Gasteiger partial charge in [0.15, 0.2) is 0 Å². The molecular weight excluding hydrogens is 188 g/mol. The third-order valence-corrected chi connectivity index (χ3v) is 3.67. The van der Waals surface area contributed by atoms with E-state index in [2.05, 4.69) is 5.32 Å². The van der Waals surface area contributed by atoms with Crippen molar-refractivity contribution in [3.8, 4) is 0 Å². The maximum absolute atomic E-state index is 11.3. The van der Waals surface area contributed by atoms with Crippen LogP contribution in [-0.2, 0) is 0 Å². The van der Waals surface area contributed by atoms with Crippen molar-refractivity contribution in [1.29, 1.82) is 0 Å². The van der Waals surface area contributed by atoms with E-state index in [1.54, 1.807) is 0 Å². The number of urea groups is 1. The van der Waals surface area contributed by atoms with Gasteiger partial charge in [-0.15, -0.1) is 0 Å². The van der Waals surface area contributed by atoms with E-state index in [1.807, 2.05) is 4.90 Å². The highest BCUT2D eigenvalue weighted by Crippen LogP contribution is 2.25. The smallest absolute Gasteiger partial charge is 0.321 e. The summed E-state index contributed by atoms with van der Waals surface area (Å²) in [4.78, 5) is 13.2. The molecule has 1 aliphatic heterocycles. The van der Waals surface area contributed by atoms with Gasteiger partial charge in [-0.2, -0.15) is 0 Å². The summed E-state index contributed by atoms with van der Waals surface area (Å²) in [6.07, 6.45) is 9.55. The maximum atomic E-state index is 11.3. The molecule has 1 radical (unpaired) electrons. The van der Waals surface area contributed by atoms with Crippen molar-refractivity contribution in [1.82, 2.24) is 10.2 Å². The SMILES string of the molecule is O=C1[N]CCN1CCC1CCCCCC1. The van der Waals surface area contributed by atoms with Gasteiger partial charge in [-0.3, -0.25) is 0 Å². The van der Waals surface area contributed by atoms with Gasteiger partial charge in [-0.05, 0) is 12.3 Å². The lowest BCUT2D eigenvalue weighted by Crippen LogP contribution is -2.28. The molecule has 2 fully saturated rings. The fourth-order valence-electron chi connectivity index (χ4n) is 2.66. The highest BCUT2D eigenvalue weighted by molar-refractivity contribution is 5.75. The minimum Gasteiger partial charge on any atom is -0.321 e. The molecule has 15 heavy (non-hydrogen) atoms. The average molecular weight is 209 g/mol. The summed E-state index contributed by atoms with van der Waals surface area (Å²) in [5.41, 5.74) is 0. The van der Waals surface area contributed by atoms with Crippen LogP contribution in [-0.4, -0.2) is 30.6 Å². The van der Waals surface area contributed by atoms with Crippen LogP contribution in [0.15, 0.2) is 0 Å². The number of nitrogens with zero attached hydrogens (tertiary/aromatic N) is 2. The number of hydrogen-bond acceptors (Lipinski definition) is 1. The Morgan fingerprint density at radius 3 is 2.53 bits per heavy atom. The zero-order valence-electron chi connectivity index (χ0n) is 9.45. The van der Waals surface area contributed by atoms with Gasteiger partial charge in [-0.1, -0.05) is 38.5 Å². The van der Waals surface area contributed by atoms with Gasteiger partial charge in [-0.25, -0.2) is 10.1 Å². The van der Waals surface area contributed by atoms with Gasteiger partial charge < -0.3 is 4.90 Å². The van der Waals surface area contributed by atoms with Crippen LogP contribution in [0.5, 0.6) is 0 Å². The van der Waals surface area contributed by atoms with E-state index in [-0.39, 0.29) is 6.03 Å². The van der Waals surface area contributed by atoms with Gasteiger partial charge in [0, 0.05) is 13.1 Å². The van der Waals surface area contributed by atoms with E-state index in [0.717, 1.165) is 19.0 Å². The van der Waals surface area contributed by atoms with Crippen LogP contribution in [0, 0.1) is 5.92 Å². The highest BCUT2D eigenvalue weighted by atomic mass is 16.2. The zero-order valence-corrected chi connectivity index (χ0v) is 9.45. The Hall–Kier alpha value is -0.730. The normalized spacial score (nSPS) is 24.0. The molecule has 2 aliphatic rings. The number of carbonyl (C=O) groups excluding carboxylic acids is 1. The number of hydrogen-bond donors (Lipinski definition) is 0. The molecule has 0 aromatic carbocycles. The van der Waals surface area contributed by atoms with Crippen molar-refractivity contribution in [2.75, 3.05) is 19.6 Å². The molecule has 1 saturated carbocycles. The van der Waals surface area contributed by atoms with Crippen LogP contribution < -0.4 is 5.32 Å². The molecule has 0 aromatic heterocycles. The van der Waals surface area contributed by atoms with Crippen LogP contribution in [0.4, 0.5) is 4.79 Å². The van der Waals surface area contributed by atoms with E-state index >= 15 is 0 Å². The molecule has 3 nitrogen and oxygen atoms in total. The Morgan fingerprint density at radius 1 is 1.20 bits per heavy atom. The molecule has 0 aromatic rings. The summed E-state index contributed by atoms with van der Waals surface area (Å²) in [5, 5.41) is 3.89. The Balaban J connectivity index is 1.69. The molecule has 0 unspecified atom stereocenters. The van der Waals surface area contributed by atoms with E-state index in [1.165, 1.54) is 44.9 Å². The van der Waals surface area contributed by atoms with Gasteiger partial charge in [0.1, 0.15) is 0 Å². The molecule has 1 heterocycles. The summed E-state index contributed by atoms with van der Waals surface area (Å²) >= 11 is 0. The fourth-order valence-corrected chi connectivity index (χ4v) is 2.66. The van der Waals surface area contributed by atoms with Crippen molar-refractivity contribution in [2.24, 2.45) is 5.92 Å². The molecule has 85 valence electrons. The third-order valence-electron chi connectivity index (χ3n) is 3.67. The molecule has 2 rings (SSSR count). The lowest BCUT2D eigenvalue weighted by Gasteiger charge is -2.18. The molecule has 3 heteroatoms. The van der Waals surface area contributed by atoms with Gasteiger partial charge in [0.2, 0.25) is 0 Å². The Morgan fingerprint density at radius 2 is 1.93 bits per heavy atom. The molecular formula is C12H21N2O. The second-order valence-corrected chi connectivity index (χ2v) is 4.80. The largest absolute Gasteiger partial charge is 0.339 e. The summed E-state index contributed by atoms with van der Waals surface area (Å²) in [5.74, 6) is 0.862. The predicted octanol–water partition coefficient (Wildman–Crippen LogP) is 2.39. The van der Waals surface area contributed by atoms with E-state index in [9.17, 15) is 4.79 Å².